The van der Waals surface area contributed by atoms with Crippen LogP contribution < -0.4 is 15.4 Å². The Bertz CT molecular complexity index is 956. The summed E-state index contributed by atoms with van der Waals surface area (Å²) in [5.41, 5.74) is 1.84. The average molecular weight is 390 g/mol. The molecule has 0 heterocycles. The van der Waals surface area contributed by atoms with Crippen LogP contribution in [0.2, 0.25) is 0 Å². The minimum atomic E-state index is -0.442. The Morgan fingerprint density at radius 1 is 0.828 bits per heavy atom. The lowest BCUT2D eigenvalue weighted by atomic mass is 10.2. The predicted molar refractivity (Wildman–Crippen MR) is 112 cm³/mol. The molecule has 2 N–H and O–H groups in total. The Labute approximate surface area is 169 Å². The number of methoxy groups -OCH3 is 1. The largest absolute Gasteiger partial charge is 0.465 e. The van der Waals surface area contributed by atoms with E-state index in [1.807, 2.05) is 54.6 Å². The highest BCUT2D eigenvalue weighted by molar-refractivity contribution is 5.94. The first kappa shape index (κ1) is 19.9. The van der Waals surface area contributed by atoms with Gasteiger partial charge in [-0.05, 0) is 54.6 Å². The summed E-state index contributed by atoms with van der Waals surface area (Å²) in [6, 6.07) is 23.7. The van der Waals surface area contributed by atoms with Gasteiger partial charge < -0.3 is 20.1 Å². The molecule has 6 heteroatoms. The van der Waals surface area contributed by atoms with E-state index in [9.17, 15) is 9.59 Å². The van der Waals surface area contributed by atoms with Gasteiger partial charge >= 0.3 is 5.97 Å². The molecule has 3 rings (SSSR count). The van der Waals surface area contributed by atoms with E-state index >= 15 is 0 Å². The predicted octanol–water partition coefficient (Wildman–Crippen LogP) is 4.71. The van der Waals surface area contributed by atoms with Gasteiger partial charge in [0, 0.05) is 24.3 Å². The molecule has 3 aromatic carbocycles. The molecular weight excluding hydrogens is 368 g/mol. The first-order valence-corrected chi connectivity index (χ1v) is 9.19. The molecule has 0 aliphatic carbocycles. The summed E-state index contributed by atoms with van der Waals surface area (Å²) in [7, 11) is 1.32. The van der Waals surface area contributed by atoms with Gasteiger partial charge in [-0.25, -0.2) is 4.79 Å². The third kappa shape index (κ3) is 6.10. The molecule has 1 amide bonds. The van der Waals surface area contributed by atoms with E-state index in [1.165, 1.54) is 7.11 Å². The lowest BCUT2D eigenvalue weighted by Crippen LogP contribution is -2.16. The van der Waals surface area contributed by atoms with Crippen LogP contribution >= 0.6 is 0 Å². The van der Waals surface area contributed by atoms with Crippen molar-refractivity contribution in [2.24, 2.45) is 0 Å². The van der Waals surface area contributed by atoms with Gasteiger partial charge in [0.15, 0.2) is 0 Å². The van der Waals surface area contributed by atoms with Crippen molar-refractivity contribution < 1.29 is 19.1 Å². The second-order valence-corrected chi connectivity index (χ2v) is 6.24. The van der Waals surface area contributed by atoms with Crippen molar-refractivity contribution in [1.29, 1.82) is 0 Å². The van der Waals surface area contributed by atoms with Gasteiger partial charge in [0.05, 0.1) is 12.7 Å². The van der Waals surface area contributed by atoms with Crippen molar-refractivity contribution in [2.45, 2.75) is 6.42 Å². The Balaban J connectivity index is 1.45. The van der Waals surface area contributed by atoms with Gasteiger partial charge in [-0.1, -0.05) is 24.3 Å². The smallest absolute Gasteiger partial charge is 0.337 e. The molecule has 0 atom stereocenters. The van der Waals surface area contributed by atoms with E-state index in [4.69, 9.17) is 4.74 Å². The lowest BCUT2D eigenvalue weighted by molar-refractivity contribution is -0.115. The summed E-state index contributed by atoms with van der Waals surface area (Å²) < 4.78 is 10.4. The van der Waals surface area contributed by atoms with Crippen LogP contribution in [0.25, 0.3) is 0 Å². The van der Waals surface area contributed by atoms with Crippen LogP contribution in [-0.4, -0.2) is 25.5 Å². The van der Waals surface area contributed by atoms with Crippen molar-refractivity contribution in [3.05, 3.63) is 84.4 Å². The summed E-state index contributed by atoms with van der Waals surface area (Å²) >= 11 is 0. The fourth-order valence-corrected chi connectivity index (χ4v) is 2.65. The van der Waals surface area contributed by atoms with Crippen molar-refractivity contribution in [1.82, 2.24) is 0 Å². The Kier molecular flexibility index (Phi) is 6.84. The number of carbonyl (C=O) groups is 2. The van der Waals surface area contributed by atoms with Crippen LogP contribution in [0.15, 0.2) is 78.9 Å². The second kappa shape index (κ2) is 9.94. The zero-order valence-electron chi connectivity index (χ0n) is 16.1. The zero-order chi connectivity index (χ0) is 20.5. The van der Waals surface area contributed by atoms with E-state index in [0.29, 0.717) is 17.8 Å². The highest BCUT2D eigenvalue weighted by atomic mass is 16.5. The number of hydrogen-bond donors (Lipinski definition) is 2. The fraction of sp³-hybridized carbons (Fsp3) is 0.130. The first-order chi connectivity index (χ1) is 14.1. The quantitative estimate of drug-likeness (QED) is 0.545. The molecule has 0 bridgehead atoms. The number of rotatable bonds is 8. The molecule has 6 nitrogen and oxygen atoms in total. The van der Waals surface area contributed by atoms with E-state index < -0.39 is 5.97 Å². The number of para-hydroxylation sites is 1. The van der Waals surface area contributed by atoms with E-state index in [0.717, 1.165) is 17.2 Å². The minimum absolute atomic E-state index is 0.149. The molecule has 148 valence electrons. The van der Waals surface area contributed by atoms with E-state index in [-0.39, 0.29) is 12.3 Å². The maximum absolute atomic E-state index is 12.1. The molecule has 0 aromatic heterocycles. The number of hydrogen-bond acceptors (Lipinski definition) is 5. The normalized spacial score (nSPS) is 10.1. The Morgan fingerprint density at radius 2 is 1.55 bits per heavy atom. The molecule has 0 unspecified atom stereocenters. The highest BCUT2D eigenvalue weighted by Crippen LogP contribution is 2.22. The van der Waals surface area contributed by atoms with Gasteiger partial charge in [0.2, 0.25) is 5.91 Å². The third-order valence-electron chi connectivity index (χ3n) is 4.08. The summed E-state index contributed by atoms with van der Waals surface area (Å²) in [6.45, 7) is 0.474. The van der Waals surface area contributed by atoms with Gasteiger partial charge in [-0.15, -0.1) is 0 Å². The summed E-state index contributed by atoms with van der Waals surface area (Å²) in [5.74, 6) is 0.928. The highest BCUT2D eigenvalue weighted by Gasteiger charge is 2.08. The summed E-state index contributed by atoms with van der Waals surface area (Å²) in [6.07, 6.45) is 0.282. The van der Waals surface area contributed by atoms with Gasteiger partial charge in [0.25, 0.3) is 0 Å². The number of amides is 1. The molecule has 0 fully saturated rings. The number of benzene rings is 3. The molecule has 0 radical (unpaired) electrons. The molecular formula is C23H22N2O4. The third-order valence-corrected chi connectivity index (χ3v) is 4.08. The topological polar surface area (TPSA) is 76.7 Å². The van der Waals surface area contributed by atoms with Crippen LogP contribution in [0, 0.1) is 0 Å². The van der Waals surface area contributed by atoms with Crippen molar-refractivity contribution in [2.75, 3.05) is 24.3 Å². The van der Waals surface area contributed by atoms with Crippen LogP contribution in [0.5, 0.6) is 11.5 Å². The van der Waals surface area contributed by atoms with E-state index in [2.05, 4.69) is 15.4 Å². The second-order valence-electron chi connectivity index (χ2n) is 6.24. The number of carbonyl (C=O) groups excluding carboxylic acids is 2. The standard InChI is InChI=1S/C23H22N2O4/c1-28-23(27)17-6-5-7-19(16-17)25-22(26)14-15-24-18-10-12-21(13-11-18)29-20-8-3-2-4-9-20/h2-13,16,24H,14-15H2,1H3,(H,25,26). The first-order valence-electron chi connectivity index (χ1n) is 9.19. The number of anilines is 2. The SMILES string of the molecule is COC(=O)c1cccc(NC(=O)CCNc2ccc(Oc3ccccc3)cc2)c1. The molecule has 0 saturated heterocycles. The summed E-state index contributed by atoms with van der Waals surface area (Å²) in [5, 5.41) is 5.98. The minimum Gasteiger partial charge on any atom is -0.465 e. The maximum atomic E-state index is 12.1. The van der Waals surface area contributed by atoms with Gasteiger partial charge in [-0.3, -0.25) is 4.79 Å². The zero-order valence-corrected chi connectivity index (χ0v) is 16.1. The monoisotopic (exact) mass is 390 g/mol. The van der Waals surface area contributed by atoms with E-state index in [1.54, 1.807) is 24.3 Å². The lowest BCUT2D eigenvalue weighted by Gasteiger charge is -2.10. The molecule has 29 heavy (non-hydrogen) atoms. The Hall–Kier alpha value is -3.80. The summed E-state index contributed by atoms with van der Waals surface area (Å²) in [4.78, 5) is 23.7. The van der Waals surface area contributed by atoms with Crippen molar-refractivity contribution in [3.63, 3.8) is 0 Å². The number of esters is 1. The maximum Gasteiger partial charge on any atom is 0.337 e. The molecule has 3 aromatic rings. The fourth-order valence-electron chi connectivity index (χ4n) is 2.65. The molecule has 0 aliphatic rings. The van der Waals surface area contributed by atoms with Crippen LogP contribution in [0.4, 0.5) is 11.4 Å². The van der Waals surface area contributed by atoms with Crippen LogP contribution in [0.3, 0.4) is 0 Å². The van der Waals surface area contributed by atoms with Crippen LogP contribution in [-0.2, 0) is 9.53 Å². The van der Waals surface area contributed by atoms with Crippen molar-refractivity contribution >= 4 is 23.3 Å². The number of ether oxygens (including phenoxy) is 2. The van der Waals surface area contributed by atoms with Gasteiger partial charge in [0.1, 0.15) is 11.5 Å². The van der Waals surface area contributed by atoms with Gasteiger partial charge in [-0.2, -0.15) is 0 Å². The average Bonchev–Trinajstić information content (AvgIpc) is 2.75. The molecule has 0 saturated carbocycles. The number of nitrogens with one attached hydrogen (secondary N) is 2. The van der Waals surface area contributed by atoms with Crippen LogP contribution in [0.1, 0.15) is 16.8 Å². The molecule has 0 spiro atoms. The van der Waals surface area contributed by atoms with Crippen molar-refractivity contribution in [3.8, 4) is 11.5 Å². The Morgan fingerprint density at radius 3 is 2.28 bits per heavy atom. The molecule has 0 aliphatic heterocycles.